The van der Waals surface area contributed by atoms with Crippen LogP contribution in [-0.2, 0) is 12.1 Å². The maximum atomic E-state index is 9.82. The van der Waals surface area contributed by atoms with Crippen molar-refractivity contribution < 1.29 is 4.42 Å². The van der Waals surface area contributed by atoms with Gasteiger partial charge in [-0.05, 0) is 36.2 Å². The smallest absolute Gasteiger partial charge is 0.135 e. The fraction of sp³-hybridized carbons (Fsp3) is 0.136. The van der Waals surface area contributed by atoms with Crippen LogP contribution in [0.4, 0.5) is 0 Å². The monoisotopic (exact) mass is 326 g/mol. The molecule has 25 heavy (non-hydrogen) atoms. The van der Waals surface area contributed by atoms with Crippen molar-refractivity contribution >= 4 is 21.9 Å². The zero-order chi connectivity index (χ0) is 17.3. The Balaban J connectivity index is 1.72. The lowest BCUT2D eigenvalue weighted by Crippen LogP contribution is -2.37. The number of furan rings is 1. The number of nitrogens with one attached hydrogen (secondary N) is 1. The topological polar surface area (TPSA) is 49.0 Å². The fourth-order valence-electron chi connectivity index (χ4n) is 3.12. The first kappa shape index (κ1) is 15.4. The summed E-state index contributed by atoms with van der Waals surface area (Å²) >= 11 is 0. The van der Waals surface area contributed by atoms with Gasteiger partial charge in [-0.3, -0.25) is 5.32 Å². The fourth-order valence-corrected chi connectivity index (χ4v) is 3.12. The third-order valence-electron chi connectivity index (χ3n) is 4.67. The maximum absolute atomic E-state index is 9.82. The van der Waals surface area contributed by atoms with Gasteiger partial charge in [0.1, 0.15) is 16.7 Å². The van der Waals surface area contributed by atoms with Crippen LogP contribution in [0.25, 0.3) is 21.9 Å². The normalized spacial score (nSPS) is 13.6. The van der Waals surface area contributed by atoms with Gasteiger partial charge >= 0.3 is 0 Å². The van der Waals surface area contributed by atoms with Gasteiger partial charge in [0.2, 0.25) is 0 Å². The number of nitriles is 1. The quantitative estimate of drug-likeness (QED) is 0.566. The molecule has 0 aliphatic carbocycles. The Morgan fingerprint density at radius 3 is 2.44 bits per heavy atom. The van der Waals surface area contributed by atoms with E-state index < -0.39 is 5.54 Å². The SMILES string of the molecule is CC(C#N)(NCc1ccccc1)c1ccc2oc3ccccc3c2c1. The second-order valence-corrected chi connectivity index (χ2v) is 6.39. The second-order valence-electron chi connectivity index (χ2n) is 6.39. The van der Waals surface area contributed by atoms with E-state index in [4.69, 9.17) is 4.42 Å². The molecule has 3 aromatic carbocycles. The van der Waals surface area contributed by atoms with Crippen molar-refractivity contribution in [3.8, 4) is 6.07 Å². The molecule has 3 heteroatoms. The average molecular weight is 326 g/mol. The molecule has 1 atom stereocenters. The molecule has 0 saturated heterocycles. The predicted octanol–water partition coefficient (Wildman–Crippen LogP) is 5.11. The summed E-state index contributed by atoms with van der Waals surface area (Å²) in [6.45, 7) is 2.55. The summed E-state index contributed by atoms with van der Waals surface area (Å²) in [6.07, 6.45) is 0. The molecule has 1 aromatic heterocycles. The molecule has 0 spiro atoms. The Hall–Kier alpha value is -3.09. The number of hydrogen-bond acceptors (Lipinski definition) is 3. The Kier molecular flexibility index (Phi) is 3.76. The van der Waals surface area contributed by atoms with Gasteiger partial charge < -0.3 is 4.42 Å². The highest BCUT2D eigenvalue weighted by atomic mass is 16.3. The molecule has 0 saturated carbocycles. The Morgan fingerprint density at radius 2 is 1.64 bits per heavy atom. The molecular formula is C22H18N2O. The van der Waals surface area contributed by atoms with Crippen LogP contribution in [0, 0.1) is 11.3 Å². The molecule has 0 bridgehead atoms. The standard InChI is InChI=1S/C22H18N2O/c1-22(15-23,24-14-16-7-3-2-4-8-16)17-11-12-21-19(13-17)18-9-5-6-10-20(18)25-21/h2-13,24H,14H2,1H3. The van der Waals surface area contributed by atoms with Crippen LogP contribution in [0.2, 0.25) is 0 Å². The average Bonchev–Trinajstić information content (AvgIpc) is 3.05. The number of nitrogens with zero attached hydrogens (tertiary/aromatic N) is 1. The number of benzene rings is 3. The van der Waals surface area contributed by atoms with E-state index in [-0.39, 0.29) is 0 Å². The Morgan fingerprint density at radius 1 is 0.920 bits per heavy atom. The molecule has 0 fully saturated rings. The summed E-state index contributed by atoms with van der Waals surface area (Å²) in [7, 11) is 0. The van der Waals surface area contributed by atoms with Gasteiger partial charge in [0, 0.05) is 17.3 Å². The third kappa shape index (κ3) is 2.77. The zero-order valence-corrected chi connectivity index (χ0v) is 14.0. The molecule has 0 aliphatic rings. The van der Waals surface area contributed by atoms with Crippen molar-refractivity contribution in [2.45, 2.75) is 19.0 Å². The van der Waals surface area contributed by atoms with Crippen LogP contribution in [0.15, 0.2) is 77.2 Å². The van der Waals surface area contributed by atoms with Crippen molar-refractivity contribution in [2.24, 2.45) is 0 Å². The highest BCUT2D eigenvalue weighted by molar-refractivity contribution is 6.05. The van der Waals surface area contributed by atoms with Crippen LogP contribution < -0.4 is 5.32 Å². The minimum Gasteiger partial charge on any atom is -0.456 e. The molecule has 1 heterocycles. The van der Waals surface area contributed by atoms with Crippen molar-refractivity contribution in [1.29, 1.82) is 5.26 Å². The zero-order valence-electron chi connectivity index (χ0n) is 14.0. The van der Waals surface area contributed by atoms with E-state index in [2.05, 4.69) is 29.6 Å². The molecule has 0 amide bonds. The first-order valence-corrected chi connectivity index (χ1v) is 8.32. The third-order valence-corrected chi connectivity index (χ3v) is 4.67. The van der Waals surface area contributed by atoms with Crippen LogP contribution in [-0.4, -0.2) is 0 Å². The molecule has 122 valence electrons. The number of fused-ring (bicyclic) bond motifs is 3. The maximum Gasteiger partial charge on any atom is 0.135 e. The van der Waals surface area contributed by atoms with E-state index in [0.29, 0.717) is 6.54 Å². The number of rotatable bonds is 4. The van der Waals surface area contributed by atoms with E-state index in [1.807, 2.05) is 61.5 Å². The van der Waals surface area contributed by atoms with Crippen LogP contribution in [0.1, 0.15) is 18.1 Å². The predicted molar refractivity (Wildman–Crippen MR) is 100.0 cm³/mol. The van der Waals surface area contributed by atoms with Crippen LogP contribution >= 0.6 is 0 Å². The first-order chi connectivity index (χ1) is 12.2. The van der Waals surface area contributed by atoms with Crippen molar-refractivity contribution in [3.63, 3.8) is 0 Å². The van der Waals surface area contributed by atoms with Crippen LogP contribution in [0.5, 0.6) is 0 Å². The molecule has 0 aliphatic heterocycles. The van der Waals surface area contributed by atoms with Gasteiger partial charge in [0.15, 0.2) is 0 Å². The van der Waals surface area contributed by atoms with Gasteiger partial charge in [-0.15, -0.1) is 0 Å². The van der Waals surface area contributed by atoms with Gasteiger partial charge in [0.05, 0.1) is 6.07 Å². The summed E-state index contributed by atoms with van der Waals surface area (Å²) in [6, 6.07) is 26.5. The molecular weight excluding hydrogens is 308 g/mol. The second kappa shape index (κ2) is 6.08. The van der Waals surface area contributed by atoms with E-state index in [0.717, 1.165) is 33.1 Å². The molecule has 1 N–H and O–H groups in total. The largest absolute Gasteiger partial charge is 0.456 e. The molecule has 3 nitrogen and oxygen atoms in total. The minimum absolute atomic E-state index is 0.634. The highest BCUT2D eigenvalue weighted by Gasteiger charge is 2.26. The van der Waals surface area contributed by atoms with Crippen LogP contribution in [0.3, 0.4) is 0 Å². The first-order valence-electron chi connectivity index (χ1n) is 8.32. The lowest BCUT2D eigenvalue weighted by Gasteiger charge is -2.24. The Labute approximate surface area is 146 Å². The van der Waals surface area contributed by atoms with Gasteiger partial charge in [0.25, 0.3) is 0 Å². The summed E-state index contributed by atoms with van der Waals surface area (Å²) in [5.41, 5.74) is 3.02. The number of hydrogen-bond donors (Lipinski definition) is 1. The lowest BCUT2D eigenvalue weighted by molar-refractivity contribution is 0.465. The minimum atomic E-state index is -0.775. The molecule has 0 radical (unpaired) electrons. The van der Waals surface area contributed by atoms with Crippen molar-refractivity contribution in [1.82, 2.24) is 5.32 Å². The van der Waals surface area contributed by atoms with E-state index >= 15 is 0 Å². The van der Waals surface area contributed by atoms with E-state index in [1.165, 1.54) is 0 Å². The summed E-state index contributed by atoms with van der Waals surface area (Å²) in [4.78, 5) is 0. The van der Waals surface area contributed by atoms with E-state index in [9.17, 15) is 5.26 Å². The highest BCUT2D eigenvalue weighted by Crippen LogP contribution is 2.32. The van der Waals surface area contributed by atoms with E-state index in [1.54, 1.807) is 0 Å². The molecule has 4 aromatic rings. The lowest BCUT2D eigenvalue weighted by atomic mass is 9.92. The Bertz CT molecular complexity index is 1080. The van der Waals surface area contributed by atoms with Gasteiger partial charge in [-0.1, -0.05) is 54.6 Å². The summed E-state index contributed by atoms with van der Waals surface area (Å²) < 4.78 is 5.88. The summed E-state index contributed by atoms with van der Waals surface area (Å²) in [5, 5.41) is 15.3. The van der Waals surface area contributed by atoms with Gasteiger partial charge in [-0.2, -0.15) is 5.26 Å². The van der Waals surface area contributed by atoms with Crippen molar-refractivity contribution in [3.05, 3.63) is 83.9 Å². The number of para-hydroxylation sites is 1. The van der Waals surface area contributed by atoms with Crippen molar-refractivity contribution in [2.75, 3.05) is 0 Å². The summed E-state index contributed by atoms with van der Waals surface area (Å²) in [5.74, 6) is 0. The molecule has 1 unspecified atom stereocenters. The van der Waals surface area contributed by atoms with Gasteiger partial charge in [-0.25, -0.2) is 0 Å². The molecule has 4 rings (SSSR count).